The summed E-state index contributed by atoms with van der Waals surface area (Å²) in [7, 11) is 6.01. The average molecular weight is 504 g/mol. The van der Waals surface area contributed by atoms with Crippen LogP contribution < -0.4 is 10.1 Å². The molecule has 0 radical (unpaired) electrons. The van der Waals surface area contributed by atoms with Crippen LogP contribution in [0.1, 0.15) is 31.7 Å². The van der Waals surface area contributed by atoms with E-state index in [1.54, 1.807) is 0 Å². The third-order valence-electron chi connectivity index (χ3n) is 4.75. The number of hydrogen-bond donors (Lipinski definition) is 1. The molecule has 0 aromatic heterocycles. The summed E-state index contributed by atoms with van der Waals surface area (Å²) >= 11 is 0. The van der Waals surface area contributed by atoms with Crippen molar-refractivity contribution in [1.29, 1.82) is 0 Å². The maximum atomic E-state index is 5.79. The van der Waals surface area contributed by atoms with Crippen molar-refractivity contribution in [2.24, 2.45) is 4.99 Å². The number of nitrogens with zero attached hydrogens (tertiary/aromatic N) is 3. The molecule has 1 aromatic rings. The Bertz CT molecular complexity index is 558. The van der Waals surface area contributed by atoms with Gasteiger partial charge in [0.1, 0.15) is 5.75 Å². The first-order valence-corrected chi connectivity index (χ1v) is 10.1. The maximum absolute atomic E-state index is 5.79. The molecule has 1 aromatic carbocycles. The standard InChI is InChI=1S/C21H36N4O2.HI/c1-5-26-20-11-14-25(15-12-20)21(22-2)23-17-18-7-9-19(10-8-18)27-16-6-13-24(3)4;/h7-10,20H,5-6,11-17H2,1-4H3,(H,22,23);1H. The summed E-state index contributed by atoms with van der Waals surface area (Å²) in [5.41, 5.74) is 1.22. The number of ether oxygens (including phenoxy) is 2. The van der Waals surface area contributed by atoms with E-state index in [0.29, 0.717) is 6.10 Å². The van der Waals surface area contributed by atoms with Gasteiger partial charge in [-0.2, -0.15) is 0 Å². The van der Waals surface area contributed by atoms with Crippen LogP contribution in [0, 0.1) is 0 Å². The summed E-state index contributed by atoms with van der Waals surface area (Å²) in [5, 5.41) is 3.48. The molecule has 0 aliphatic carbocycles. The zero-order valence-corrected chi connectivity index (χ0v) is 20.1. The van der Waals surface area contributed by atoms with Gasteiger partial charge in [-0.3, -0.25) is 4.99 Å². The Kier molecular flexibility index (Phi) is 12.5. The zero-order valence-electron chi connectivity index (χ0n) is 17.8. The first-order chi connectivity index (χ1) is 13.1. The van der Waals surface area contributed by atoms with Crippen molar-refractivity contribution in [1.82, 2.24) is 15.1 Å². The summed E-state index contributed by atoms with van der Waals surface area (Å²) in [6.07, 6.45) is 3.56. The molecule has 0 unspecified atom stereocenters. The smallest absolute Gasteiger partial charge is 0.193 e. The Morgan fingerprint density at radius 2 is 1.89 bits per heavy atom. The van der Waals surface area contributed by atoms with Crippen LogP contribution in [0.2, 0.25) is 0 Å². The summed E-state index contributed by atoms with van der Waals surface area (Å²) in [6.45, 7) is 7.40. The minimum atomic E-state index is 0. The topological polar surface area (TPSA) is 49.3 Å². The highest BCUT2D eigenvalue weighted by molar-refractivity contribution is 14.0. The number of benzene rings is 1. The van der Waals surface area contributed by atoms with Gasteiger partial charge in [0.15, 0.2) is 5.96 Å². The molecule has 28 heavy (non-hydrogen) atoms. The highest BCUT2D eigenvalue weighted by atomic mass is 127. The number of rotatable bonds is 9. The van der Waals surface area contributed by atoms with E-state index >= 15 is 0 Å². The van der Waals surface area contributed by atoms with E-state index in [4.69, 9.17) is 9.47 Å². The van der Waals surface area contributed by atoms with E-state index in [-0.39, 0.29) is 24.0 Å². The first-order valence-electron chi connectivity index (χ1n) is 10.1. The number of guanidine groups is 1. The van der Waals surface area contributed by atoms with Crippen LogP contribution in [0.25, 0.3) is 0 Å². The highest BCUT2D eigenvalue weighted by Crippen LogP contribution is 2.15. The average Bonchev–Trinajstić information content (AvgIpc) is 2.68. The van der Waals surface area contributed by atoms with Gasteiger partial charge in [0, 0.05) is 39.8 Å². The van der Waals surface area contributed by atoms with Gasteiger partial charge < -0.3 is 24.6 Å². The second-order valence-corrected chi connectivity index (χ2v) is 7.19. The molecule has 2 rings (SSSR count). The van der Waals surface area contributed by atoms with Crippen LogP contribution in [-0.2, 0) is 11.3 Å². The Hall–Kier alpha value is -1.06. The van der Waals surface area contributed by atoms with E-state index in [0.717, 1.165) is 70.4 Å². The lowest BCUT2D eigenvalue weighted by Gasteiger charge is -2.34. The van der Waals surface area contributed by atoms with Crippen LogP contribution >= 0.6 is 24.0 Å². The predicted octanol–water partition coefficient (Wildman–Crippen LogP) is 3.21. The fourth-order valence-electron chi connectivity index (χ4n) is 3.26. The minimum absolute atomic E-state index is 0. The molecule has 1 N–H and O–H groups in total. The molecule has 0 atom stereocenters. The molecule has 0 saturated carbocycles. The van der Waals surface area contributed by atoms with Crippen molar-refractivity contribution in [2.75, 3.05) is 54.0 Å². The van der Waals surface area contributed by atoms with E-state index in [2.05, 4.69) is 53.3 Å². The van der Waals surface area contributed by atoms with Crippen molar-refractivity contribution in [3.05, 3.63) is 29.8 Å². The normalized spacial score (nSPS) is 15.5. The van der Waals surface area contributed by atoms with Gasteiger partial charge in [0.05, 0.1) is 12.7 Å². The fraction of sp³-hybridized carbons (Fsp3) is 0.667. The van der Waals surface area contributed by atoms with Gasteiger partial charge in [0.25, 0.3) is 0 Å². The van der Waals surface area contributed by atoms with Crippen LogP contribution in [0.15, 0.2) is 29.3 Å². The Balaban J connectivity index is 0.00000392. The van der Waals surface area contributed by atoms with Crippen molar-refractivity contribution < 1.29 is 9.47 Å². The number of nitrogens with one attached hydrogen (secondary N) is 1. The minimum Gasteiger partial charge on any atom is -0.494 e. The number of halogens is 1. The largest absolute Gasteiger partial charge is 0.494 e. The lowest BCUT2D eigenvalue weighted by Crippen LogP contribution is -2.46. The second kappa shape index (κ2) is 14.0. The van der Waals surface area contributed by atoms with Gasteiger partial charge in [-0.25, -0.2) is 0 Å². The molecule has 0 spiro atoms. The van der Waals surface area contributed by atoms with Gasteiger partial charge in [-0.15, -0.1) is 24.0 Å². The molecule has 6 nitrogen and oxygen atoms in total. The van der Waals surface area contributed by atoms with Gasteiger partial charge in [0.2, 0.25) is 0 Å². The summed E-state index contributed by atoms with van der Waals surface area (Å²) in [5.74, 6) is 1.90. The van der Waals surface area contributed by atoms with Gasteiger partial charge in [-0.05, 0) is 58.0 Å². The molecule has 1 fully saturated rings. The van der Waals surface area contributed by atoms with Crippen molar-refractivity contribution in [3.63, 3.8) is 0 Å². The third-order valence-corrected chi connectivity index (χ3v) is 4.75. The molecule has 1 heterocycles. The Morgan fingerprint density at radius 1 is 1.21 bits per heavy atom. The number of likely N-dealkylation sites (tertiary alicyclic amines) is 1. The summed E-state index contributed by atoms with van der Waals surface area (Å²) < 4.78 is 11.5. The zero-order chi connectivity index (χ0) is 19.5. The van der Waals surface area contributed by atoms with Crippen molar-refractivity contribution >= 4 is 29.9 Å². The number of aliphatic imine (C=N–C) groups is 1. The first kappa shape index (κ1) is 25.0. The monoisotopic (exact) mass is 504 g/mol. The summed E-state index contributed by atoms with van der Waals surface area (Å²) in [4.78, 5) is 8.93. The molecule has 7 heteroatoms. The van der Waals surface area contributed by atoms with E-state index < -0.39 is 0 Å². The third kappa shape index (κ3) is 8.96. The molecule has 160 valence electrons. The number of hydrogen-bond acceptors (Lipinski definition) is 4. The molecule has 0 amide bonds. The molecule has 1 aliphatic rings. The number of piperidine rings is 1. The van der Waals surface area contributed by atoms with Gasteiger partial charge in [-0.1, -0.05) is 12.1 Å². The molecular weight excluding hydrogens is 467 g/mol. The van der Waals surface area contributed by atoms with Crippen LogP contribution in [0.4, 0.5) is 0 Å². The molecular formula is C21H37IN4O2. The van der Waals surface area contributed by atoms with Crippen LogP contribution in [0.5, 0.6) is 5.75 Å². The Morgan fingerprint density at radius 3 is 2.46 bits per heavy atom. The quantitative estimate of drug-likeness (QED) is 0.242. The highest BCUT2D eigenvalue weighted by Gasteiger charge is 2.21. The predicted molar refractivity (Wildman–Crippen MR) is 127 cm³/mol. The lowest BCUT2D eigenvalue weighted by atomic mass is 10.1. The second-order valence-electron chi connectivity index (χ2n) is 7.19. The molecule has 0 bridgehead atoms. The fourth-order valence-corrected chi connectivity index (χ4v) is 3.26. The van der Waals surface area contributed by atoms with E-state index in [1.165, 1.54) is 5.56 Å². The van der Waals surface area contributed by atoms with Gasteiger partial charge >= 0.3 is 0 Å². The SMILES string of the molecule is CCOC1CCN(C(=NC)NCc2ccc(OCCCN(C)C)cc2)CC1.I. The van der Waals surface area contributed by atoms with Crippen LogP contribution in [-0.4, -0.2) is 75.9 Å². The van der Waals surface area contributed by atoms with Crippen molar-refractivity contribution in [2.45, 2.75) is 38.8 Å². The maximum Gasteiger partial charge on any atom is 0.193 e. The molecule has 1 saturated heterocycles. The lowest BCUT2D eigenvalue weighted by molar-refractivity contribution is 0.0263. The van der Waals surface area contributed by atoms with Crippen molar-refractivity contribution in [3.8, 4) is 5.75 Å². The van der Waals surface area contributed by atoms with E-state index in [1.807, 2.05) is 19.2 Å². The summed E-state index contributed by atoms with van der Waals surface area (Å²) in [6, 6.07) is 8.32. The molecule has 1 aliphatic heterocycles. The Labute approximate surface area is 187 Å². The van der Waals surface area contributed by atoms with E-state index in [9.17, 15) is 0 Å². The van der Waals surface area contributed by atoms with Crippen LogP contribution in [0.3, 0.4) is 0 Å².